The zero-order valence-electron chi connectivity index (χ0n) is 7.31. The van der Waals surface area contributed by atoms with Crippen LogP contribution in [0.4, 0.5) is 0 Å². The van der Waals surface area contributed by atoms with Gasteiger partial charge in [-0.2, -0.15) is 4.31 Å². The molecule has 13 heavy (non-hydrogen) atoms. The molecule has 1 saturated heterocycles. The quantitative estimate of drug-likeness (QED) is 0.568. The standard InChI is InChI=1S/C7H13NO4S/c9-4-1-7-13(10,11)8-2-5-12-6-3-8/h4H,1-3,5-7H2. The van der Waals surface area contributed by atoms with Crippen molar-refractivity contribution in [3.05, 3.63) is 0 Å². The van der Waals surface area contributed by atoms with E-state index in [4.69, 9.17) is 4.74 Å². The number of carbonyl (C=O) groups excluding carboxylic acids is 1. The summed E-state index contributed by atoms with van der Waals surface area (Å²) in [6.45, 7) is 1.70. The molecule has 1 rings (SSSR count). The Morgan fingerprint density at radius 3 is 2.46 bits per heavy atom. The van der Waals surface area contributed by atoms with E-state index in [1.54, 1.807) is 0 Å². The summed E-state index contributed by atoms with van der Waals surface area (Å²) in [5.41, 5.74) is 0. The Balaban J connectivity index is 2.51. The third-order valence-electron chi connectivity index (χ3n) is 1.86. The Labute approximate surface area is 77.7 Å². The molecule has 0 N–H and O–H groups in total. The van der Waals surface area contributed by atoms with E-state index in [1.165, 1.54) is 4.31 Å². The fourth-order valence-electron chi connectivity index (χ4n) is 1.15. The summed E-state index contributed by atoms with van der Waals surface area (Å²) in [4.78, 5) is 10.0. The maximum atomic E-state index is 11.5. The number of hydrogen-bond donors (Lipinski definition) is 0. The topological polar surface area (TPSA) is 63.7 Å². The average molecular weight is 207 g/mol. The molecule has 5 nitrogen and oxygen atoms in total. The highest BCUT2D eigenvalue weighted by molar-refractivity contribution is 7.89. The zero-order chi connectivity index (χ0) is 9.73. The van der Waals surface area contributed by atoms with Gasteiger partial charge in [0.05, 0.1) is 19.0 Å². The van der Waals surface area contributed by atoms with E-state index in [9.17, 15) is 13.2 Å². The van der Waals surface area contributed by atoms with Crippen LogP contribution in [0.5, 0.6) is 0 Å². The van der Waals surface area contributed by atoms with Gasteiger partial charge >= 0.3 is 0 Å². The van der Waals surface area contributed by atoms with Crippen LogP contribution in [0.15, 0.2) is 0 Å². The van der Waals surface area contributed by atoms with Gasteiger partial charge < -0.3 is 9.53 Å². The molecule has 0 unspecified atom stereocenters. The van der Waals surface area contributed by atoms with E-state index >= 15 is 0 Å². The van der Waals surface area contributed by atoms with Crippen molar-refractivity contribution in [2.75, 3.05) is 32.1 Å². The minimum Gasteiger partial charge on any atom is -0.379 e. The number of rotatable bonds is 4. The van der Waals surface area contributed by atoms with Crippen LogP contribution in [0.2, 0.25) is 0 Å². The molecule has 76 valence electrons. The minimum absolute atomic E-state index is 0.0691. The van der Waals surface area contributed by atoms with Crippen LogP contribution in [0.25, 0.3) is 0 Å². The summed E-state index contributed by atoms with van der Waals surface area (Å²) in [5, 5.41) is 0. The molecule has 0 radical (unpaired) electrons. The number of aldehydes is 1. The van der Waals surface area contributed by atoms with Crippen LogP contribution in [0.3, 0.4) is 0 Å². The van der Waals surface area contributed by atoms with Gasteiger partial charge in [-0.1, -0.05) is 0 Å². The van der Waals surface area contributed by atoms with Crippen molar-refractivity contribution in [3.8, 4) is 0 Å². The predicted molar refractivity (Wildman–Crippen MR) is 46.9 cm³/mol. The largest absolute Gasteiger partial charge is 0.379 e. The van der Waals surface area contributed by atoms with E-state index in [2.05, 4.69) is 0 Å². The molecule has 0 aromatic carbocycles. The summed E-state index contributed by atoms with van der Waals surface area (Å²) < 4.78 is 29.3. The number of sulfonamides is 1. The molecule has 6 heteroatoms. The first-order valence-electron chi connectivity index (χ1n) is 4.16. The summed E-state index contributed by atoms with van der Waals surface area (Å²) in [7, 11) is -3.22. The highest BCUT2D eigenvalue weighted by atomic mass is 32.2. The second-order valence-corrected chi connectivity index (χ2v) is 4.87. The SMILES string of the molecule is O=CCCS(=O)(=O)N1CCOCC1. The number of nitrogens with zero attached hydrogens (tertiary/aromatic N) is 1. The maximum Gasteiger partial charge on any atom is 0.214 e. The second kappa shape index (κ2) is 4.69. The number of hydrogen-bond acceptors (Lipinski definition) is 4. The Hall–Kier alpha value is -0.460. The van der Waals surface area contributed by atoms with Crippen molar-refractivity contribution in [1.82, 2.24) is 4.31 Å². The minimum atomic E-state index is -3.22. The Kier molecular flexibility index (Phi) is 3.83. The molecule has 0 aromatic rings. The van der Waals surface area contributed by atoms with Crippen LogP contribution < -0.4 is 0 Å². The fraction of sp³-hybridized carbons (Fsp3) is 0.857. The maximum absolute atomic E-state index is 11.5. The van der Waals surface area contributed by atoms with Crippen LogP contribution in [0.1, 0.15) is 6.42 Å². The lowest BCUT2D eigenvalue weighted by Crippen LogP contribution is -2.41. The molecule has 0 spiro atoms. The lowest BCUT2D eigenvalue weighted by molar-refractivity contribution is -0.107. The smallest absolute Gasteiger partial charge is 0.214 e. The van der Waals surface area contributed by atoms with Crippen LogP contribution in [0, 0.1) is 0 Å². The summed E-state index contributed by atoms with van der Waals surface area (Å²) in [5.74, 6) is -0.0868. The van der Waals surface area contributed by atoms with E-state index in [0.717, 1.165) is 0 Å². The molecule has 1 fully saturated rings. The third kappa shape index (κ3) is 3.06. The second-order valence-electron chi connectivity index (χ2n) is 2.78. The molecule has 1 aliphatic heterocycles. The Bertz CT molecular complexity index is 256. The summed E-state index contributed by atoms with van der Waals surface area (Å²) >= 11 is 0. The van der Waals surface area contributed by atoms with E-state index in [-0.39, 0.29) is 12.2 Å². The van der Waals surface area contributed by atoms with Crippen molar-refractivity contribution in [2.45, 2.75) is 6.42 Å². The van der Waals surface area contributed by atoms with Gasteiger partial charge in [0.15, 0.2) is 0 Å². The van der Waals surface area contributed by atoms with Gasteiger partial charge in [0, 0.05) is 19.5 Å². The normalized spacial score (nSPS) is 20.0. The van der Waals surface area contributed by atoms with Crippen molar-refractivity contribution in [1.29, 1.82) is 0 Å². The first-order valence-corrected chi connectivity index (χ1v) is 5.77. The zero-order valence-corrected chi connectivity index (χ0v) is 8.12. The fourth-order valence-corrected chi connectivity index (χ4v) is 2.51. The van der Waals surface area contributed by atoms with Gasteiger partial charge in [0.25, 0.3) is 0 Å². The van der Waals surface area contributed by atoms with E-state index in [1.807, 2.05) is 0 Å². The molecule has 1 heterocycles. The lowest BCUT2D eigenvalue weighted by Gasteiger charge is -2.25. The van der Waals surface area contributed by atoms with Gasteiger partial charge in [0.2, 0.25) is 10.0 Å². The molecule has 1 aliphatic rings. The third-order valence-corrected chi connectivity index (χ3v) is 3.76. The van der Waals surface area contributed by atoms with E-state index in [0.29, 0.717) is 32.6 Å². The highest BCUT2D eigenvalue weighted by Crippen LogP contribution is 2.05. The molecular formula is C7H13NO4S. The van der Waals surface area contributed by atoms with Crippen LogP contribution >= 0.6 is 0 Å². The predicted octanol–water partition coefficient (Wildman–Crippen LogP) is -0.763. The molecule has 0 bridgehead atoms. The van der Waals surface area contributed by atoms with Crippen LogP contribution in [-0.2, 0) is 19.6 Å². The van der Waals surface area contributed by atoms with Gasteiger partial charge in [-0.15, -0.1) is 0 Å². The summed E-state index contributed by atoms with van der Waals surface area (Å²) in [6.07, 6.45) is 0.692. The molecule has 0 aromatic heterocycles. The van der Waals surface area contributed by atoms with Crippen molar-refractivity contribution < 1.29 is 17.9 Å². The van der Waals surface area contributed by atoms with Crippen molar-refractivity contribution in [3.63, 3.8) is 0 Å². The van der Waals surface area contributed by atoms with Gasteiger partial charge in [-0.05, 0) is 0 Å². The molecular weight excluding hydrogens is 194 g/mol. The Morgan fingerprint density at radius 2 is 1.92 bits per heavy atom. The van der Waals surface area contributed by atoms with Gasteiger partial charge in [-0.3, -0.25) is 0 Å². The first-order chi connectivity index (χ1) is 6.17. The molecule has 0 saturated carbocycles. The molecule has 0 amide bonds. The van der Waals surface area contributed by atoms with Crippen LogP contribution in [-0.4, -0.2) is 51.1 Å². The first kappa shape index (κ1) is 10.6. The Morgan fingerprint density at radius 1 is 1.31 bits per heavy atom. The highest BCUT2D eigenvalue weighted by Gasteiger charge is 2.23. The lowest BCUT2D eigenvalue weighted by atomic mass is 10.5. The van der Waals surface area contributed by atoms with E-state index < -0.39 is 10.0 Å². The average Bonchev–Trinajstić information content (AvgIpc) is 2.16. The number of ether oxygens (including phenoxy) is 1. The molecule has 0 aliphatic carbocycles. The van der Waals surface area contributed by atoms with Crippen molar-refractivity contribution >= 4 is 16.3 Å². The number of carbonyl (C=O) groups is 1. The van der Waals surface area contributed by atoms with Gasteiger partial charge in [0.1, 0.15) is 6.29 Å². The van der Waals surface area contributed by atoms with Crippen molar-refractivity contribution in [2.24, 2.45) is 0 Å². The summed E-state index contributed by atoms with van der Waals surface area (Å²) in [6, 6.07) is 0. The van der Waals surface area contributed by atoms with Gasteiger partial charge in [-0.25, -0.2) is 8.42 Å². The monoisotopic (exact) mass is 207 g/mol. The molecule has 0 atom stereocenters. The number of morpholine rings is 1.